The molecule has 0 unspecified atom stereocenters. The van der Waals surface area contributed by atoms with Crippen molar-refractivity contribution < 1.29 is 41.8 Å². The quantitative estimate of drug-likeness (QED) is 0.279. The first-order valence-electron chi connectivity index (χ1n) is 9.73. The van der Waals surface area contributed by atoms with Crippen LogP contribution in [0.15, 0.2) is 36.4 Å². The normalized spacial score (nSPS) is 22.5. The monoisotopic (exact) mass is 477 g/mol. The Bertz CT molecular complexity index is 871. The molecule has 0 saturated carbocycles. The van der Waals surface area contributed by atoms with Gasteiger partial charge in [0.05, 0.1) is 20.3 Å². The van der Waals surface area contributed by atoms with Gasteiger partial charge in [-0.25, -0.2) is 14.4 Å². The second-order valence-electron chi connectivity index (χ2n) is 6.87. The number of carbonyl (C=O) groups is 3. The number of carbonyl (C=O) groups excluding carboxylic acids is 3. The summed E-state index contributed by atoms with van der Waals surface area (Å²) in [6.07, 6.45) is -3.03. The first kappa shape index (κ1) is 25.7. The molecule has 0 bridgehead atoms. The molecule has 1 saturated heterocycles. The molecule has 0 aromatic heterocycles. The van der Waals surface area contributed by atoms with Crippen LogP contribution in [0.25, 0.3) is 0 Å². The predicted molar refractivity (Wildman–Crippen MR) is 108 cm³/mol. The van der Waals surface area contributed by atoms with Crippen molar-refractivity contribution in [1.29, 1.82) is 0 Å². The second-order valence-corrected chi connectivity index (χ2v) is 7.28. The fraction of sp³-hybridized carbons (Fsp3) is 0.476. The van der Waals surface area contributed by atoms with E-state index in [9.17, 15) is 27.6 Å². The predicted octanol–water partition coefficient (Wildman–Crippen LogP) is 3.17. The highest BCUT2D eigenvalue weighted by molar-refractivity contribution is 6.31. The largest absolute Gasteiger partial charge is 0.466 e. The smallest absolute Gasteiger partial charge is 0.404 e. The molecule has 1 aromatic carbocycles. The Hall–Kier alpha value is -2.59. The number of alkyl halides is 3. The highest BCUT2D eigenvalue weighted by Gasteiger charge is 2.68. The minimum atomic E-state index is -4.90. The molecule has 0 spiro atoms. The summed E-state index contributed by atoms with van der Waals surface area (Å²) in [5.74, 6) is -6.53. The Morgan fingerprint density at radius 1 is 1.12 bits per heavy atom. The van der Waals surface area contributed by atoms with Gasteiger partial charge in [-0.3, -0.25) is 5.32 Å². The number of esters is 3. The number of nitrogens with one attached hydrogen (secondary N) is 1. The second kappa shape index (κ2) is 10.4. The number of hydrogen-bond donors (Lipinski definition) is 1. The fourth-order valence-electron chi connectivity index (χ4n) is 3.79. The van der Waals surface area contributed by atoms with E-state index in [0.29, 0.717) is 0 Å². The Kier molecular flexibility index (Phi) is 8.30. The summed E-state index contributed by atoms with van der Waals surface area (Å²) >= 11 is 6.21. The van der Waals surface area contributed by atoms with Crippen molar-refractivity contribution in [2.45, 2.75) is 37.5 Å². The molecule has 3 atom stereocenters. The van der Waals surface area contributed by atoms with Crippen LogP contribution >= 0.6 is 11.6 Å². The molecule has 2 rings (SSSR count). The first-order valence-corrected chi connectivity index (χ1v) is 10.1. The number of halogens is 4. The van der Waals surface area contributed by atoms with Crippen molar-refractivity contribution in [3.05, 3.63) is 47.0 Å². The lowest BCUT2D eigenvalue weighted by molar-refractivity contribution is -0.171. The zero-order valence-corrected chi connectivity index (χ0v) is 18.3. The molecule has 11 heteroatoms. The summed E-state index contributed by atoms with van der Waals surface area (Å²) < 4.78 is 57.0. The van der Waals surface area contributed by atoms with Crippen LogP contribution < -0.4 is 5.32 Å². The summed E-state index contributed by atoms with van der Waals surface area (Å²) in [7, 11) is 1.08. The third-order valence-corrected chi connectivity index (χ3v) is 5.43. The van der Waals surface area contributed by atoms with Crippen LogP contribution in [0.2, 0.25) is 5.02 Å². The maximum atomic E-state index is 14.2. The molecular weight excluding hydrogens is 455 g/mol. The van der Waals surface area contributed by atoms with Gasteiger partial charge in [-0.15, -0.1) is 0 Å². The molecule has 1 aliphatic heterocycles. The Morgan fingerprint density at radius 3 is 2.16 bits per heavy atom. The van der Waals surface area contributed by atoms with Crippen molar-refractivity contribution in [2.75, 3.05) is 20.3 Å². The van der Waals surface area contributed by atoms with Crippen LogP contribution in [0.1, 0.15) is 25.3 Å². The number of rotatable bonds is 7. The summed E-state index contributed by atoms with van der Waals surface area (Å²) in [5, 5.41) is 2.14. The van der Waals surface area contributed by atoms with E-state index < -0.39 is 47.5 Å². The van der Waals surface area contributed by atoms with Gasteiger partial charge in [0.15, 0.2) is 0 Å². The van der Waals surface area contributed by atoms with Crippen molar-refractivity contribution >= 4 is 29.5 Å². The summed E-state index contributed by atoms with van der Waals surface area (Å²) in [4.78, 5) is 37.8. The Morgan fingerprint density at radius 2 is 1.69 bits per heavy atom. The zero-order valence-electron chi connectivity index (χ0n) is 17.6. The minimum absolute atomic E-state index is 0.00599. The number of benzene rings is 1. The van der Waals surface area contributed by atoms with Gasteiger partial charge in [0.1, 0.15) is 6.04 Å². The zero-order chi connectivity index (χ0) is 24.1. The van der Waals surface area contributed by atoms with E-state index in [2.05, 4.69) is 10.1 Å². The van der Waals surface area contributed by atoms with E-state index in [1.165, 1.54) is 38.1 Å². The van der Waals surface area contributed by atoms with Crippen molar-refractivity contribution in [2.24, 2.45) is 5.92 Å². The molecule has 1 aliphatic rings. The molecule has 0 radical (unpaired) electrons. The SMILES string of the molecule is CCOC(=O)C1(C(=O)OCC)N[C@@H](C(F)(F)F)[C@H](c2ccccc2Cl)[C@H]1/C=C/C(=O)OC. The van der Waals surface area contributed by atoms with E-state index in [4.69, 9.17) is 21.1 Å². The number of methoxy groups -OCH3 is 1. The van der Waals surface area contributed by atoms with E-state index in [0.717, 1.165) is 19.3 Å². The molecule has 1 heterocycles. The minimum Gasteiger partial charge on any atom is -0.466 e. The molecule has 32 heavy (non-hydrogen) atoms. The summed E-state index contributed by atoms with van der Waals surface area (Å²) in [6.45, 7) is 2.47. The fourth-order valence-corrected chi connectivity index (χ4v) is 4.05. The van der Waals surface area contributed by atoms with E-state index in [-0.39, 0.29) is 23.8 Å². The lowest BCUT2D eigenvalue weighted by Gasteiger charge is -2.31. The van der Waals surface area contributed by atoms with Crippen LogP contribution in [0.3, 0.4) is 0 Å². The van der Waals surface area contributed by atoms with Gasteiger partial charge in [0, 0.05) is 22.9 Å². The molecule has 7 nitrogen and oxygen atoms in total. The van der Waals surface area contributed by atoms with E-state index in [1.807, 2.05) is 0 Å². The Labute approximate surface area is 187 Å². The van der Waals surface area contributed by atoms with Crippen molar-refractivity contribution in [3.8, 4) is 0 Å². The van der Waals surface area contributed by atoms with Crippen LogP contribution in [0.4, 0.5) is 13.2 Å². The molecule has 1 fully saturated rings. The van der Waals surface area contributed by atoms with Gasteiger partial charge >= 0.3 is 24.1 Å². The molecule has 1 aromatic rings. The summed E-state index contributed by atoms with van der Waals surface area (Å²) in [5.41, 5.74) is -2.56. The van der Waals surface area contributed by atoms with Crippen LogP contribution in [-0.4, -0.2) is 56.0 Å². The van der Waals surface area contributed by atoms with Gasteiger partial charge in [-0.05, 0) is 25.5 Å². The number of ether oxygens (including phenoxy) is 3. The standard InChI is InChI=1S/C21H23ClF3NO6/c1-4-31-18(28)20(19(29)32-5-2)13(10-11-15(27)30-3)16(17(26-20)21(23,24)25)12-8-6-7-9-14(12)22/h6-11,13,16-17,26H,4-5H2,1-3H3/b11-10+/t13-,16-,17-/m1/s1. The average Bonchev–Trinajstić information content (AvgIpc) is 3.09. The van der Waals surface area contributed by atoms with Gasteiger partial charge in [0.25, 0.3) is 0 Å². The molecule has 0 amide bonds. The summed E-state index contributed by atoms with van der Waals surface area (Å²) in [6, 6.07) is 3.37. The highest BCUT2D eigenvalue weighted by Crippen LogP contribution is 2.50. The van der Waals surface area contributed by atoms with Crippen molar-refractivity contribution in [3.63, 3.8) is 0 Å². The third kappa shape index (κ3) is 4.91. The van der Waals surface area contributed by atoms with Gasteiger partial charge in [-0.2, -0.15) is 13.2 Å². The van der Waals surface area contributed by atoms with Gasteiger partial charge in [-0.1, -0.05) is 35.9 Å². The maximum absolute atomic E-state index is 14.2. The molecule has 1 N–H and O–H groups in total. The van der Waals surface area contributed by atoms with Crippen molar-refractivity contribution in [1.82, 2.24) is 5.32 Å². The van der Waals surface area contributed by atoms with Crippen LogP contribution in [-0.2, 0) is 28.6 Å². The molecule has 176 valence electrons. The van der Waals surface area contributed by atoms with Gasteiger partial charge < -0.3 is 14.2 Å². The van der Waals surface area contributed by atoms with Crippen LogP contribution in [0, 0.1) is 5.92 Å². The first-order chi connectivity index (χ1) is 15.0. The van der Waals surface area contributed by atoms with Crippen LogP contribution in [0.5, 0.6) is 0 Å². The van der Waals surface area contributed by atoms with Gasteiger partial charge in [0.2, 0.25) is 5.54 Å². The molecule has 0 aliphatic carbocycles. The Balaban J connectivity index is 2.84. The maximum Gasteiger partial charge on any atom is 0.404 e. The number of hydrogen-bond acceptors (Lipinski definition) is 7. The molecular formula is C21H23ClF3NO6. The average molecular weight is 478 g/mol. The third-order valence-electron chi connectivity index (χ3n) is 5.08. The van der Waals surface area contributed by atoms with E-state index in [1.54, 1.807) is 0 Å². The lowest BCUT2D eigenvalue weighted by Crippen LogP contribution is -2.62. The lowest BCUT2D eigenvalue weighted by atomic mass is 9.75. The topological polar surface area (TPSA) is 90.9 Å². The highest BCUT2D eigenvalue weighted by atomic mass is 35.5. The van der Waals surface area contributed by atoms with E-state index >= 15 is 0 Å².